The fourth-order valence-electron chi connectivity index (χ4n) is 0.672. The number of aromatic nitrogens is 2. The minimum absolute atomic E-state index is 1.07. The smallest absolute Gasteiger partial charge is 0.0487 e. The van der Waals surface area contributed by atoms with Crippen LogP contribution in [0.25, 0.3) is 0 Å². The van der Waals surface area contributed by atoms with E-state index in [0.29, 0.717) is 0 Å². The third kappa shape index (κ3) is 3.02. The van der Waals surface area contributed by atoms with E-state index in [2.05, 4.69) is 15.2 Å². The van der Waals surface area contributed by atoms with Gasteiger partial charge in [0.05, 0.1) is 0 Å². The van der Waals surface area contributed by atoms with Gasteiger partial charge < -0.3 is 0 Å². The van der Waals surface area contributed by atoms with Gasteiger partial charge in [-0.2, -0.15) is 5.10 Å². The van der Waals surface area contributed by atoms with Crippen LogP contribution in [-0.4, -0.2) is 23.0 Å². The lowest BCUT2D eigenvalue weighted by molar-refractivity contribution is 0.952. The van der Waals surface area contributed by atoms with Gasteiger partial charge in [0.2, 0.25) is 0 Å². The molecule has 0 saturated carbocycles. The number of nitrogens with one attached hydrogen (secondary N) is 1. The summed E-state index contributed by atoms with van der Waals surface area (Å²) >= 11 is 0. The lowest BCUT2D eigenvalue weighted by Gasteiger charge is -1.67. The largest absolute Gasteiger partial charge is 0.298 e. The average Bonchev–Trinajstić information content (AvgIpc) is 2.67. The van der Waals surface area contributed by atoms with Gasteiger partial charge >= 0.3 is 0 Å². The summed E-state index contributed by atoms with van der Waals surface area (Å²) in [5, 5.41) is 6.21. The first-order chi connectivity index (χ1) is 5.00. The van der Waals surface area contributed by atoms with Gasteiger partial charge in [-0.15, -0.1) is 0 Å². The molecule has 1 aliphatic heterocycles. The van der Waals surface area contributed by atoms with E-state index in [0.717, 1.165) is 6.54 Å². The third-order valence-corrected chi connectivity index (χ3v) is 1.16. The first-order valence-electron chi connectivity index (χ1n) is 3.42. The molecule has 1 aromatic rings. The van der Waals surface area contributed by atoms with Crippen molar-refractivity contribution in [2.75, 3.05) is 6.54 Å². The lowest BCUT2D eigenvalue weighted by Crippen LogP contribution is -1.62. The summed E-state index contributed by atoms with van der Waals surface area (Å²) in [7, 11) is 0. The van der Waals surface area contributed by atoms with Crippen molar-refractivity contribution >= 4 is 6.21 Å². The highest BCUT2D eigenvalue weighted by Crippen LogP contribution is 1.92. The van der Waals surface area contributed by atoms with Crippen molar-refractivity contribution in [2.45, 2.75) is 12.8 Å². The van der Waals surface area contributed by atoms with Gasteiger partial charge in [0.15, 0.2) is 0 Å². The molecule has 54 valence electrons. The van der Waals surface area contributed by atoms with Crippen LogP contribution in [-0.2, 0) is 0 Å². The minimum atomic E-state index is 1.07. The molecular weight excluding hydrogens is 126 g/mol. The Morgan fingerprint density at radius 1 is 1.40 bits per heavy atom. The van der Waals surface area contributed by atoms with Crippen molar-refractivity contribution in [1.82, 2.24) is 10.2 Å². The van der Waals surface area contributed by atoms with Gasteiger partial charge in [0.1, 0.15) is 0 Å². The zero-order valence-corrected chi connectivity index (χ0v) is 5.83. The van der Waals surface area contributed by atoms with Gasteiger partial charge in [-0.25, -0.2) is 0 Å². The molecule has 2 heterocycles. The van der Waals surface area contributed by atoms with Crippen molar-refractivity contribution in [3.8, 4) is 0 Å². The van der Waals surface area contributed by atoms with E-state index in [9.17, 15) is 0 Å². The monoisotopic (exact) mass is 137 g/mol. The molecule has 1 aromatic heterocycles. The van der Waals surface area contributed by atoms with Gasteiger partial charge in [0.25, 0.3) is 0 Å². The van der Waals surface area contributed by atoms with E-state index in [4.69, 9.17) is 0 Å². The van der Waals surface area contributed by atoms with Crippen molar-refractivity contribution in [2.24, 2.45) is 4.99 Å². The van der Waals surface area contributed by atoms with E-state index < -0.39 is 0 Å². The van der Waals surface area contributed by atoms with Crippen LogP contribution in [0.2, 0.25) is 0 Å². The molecule has 0 atom stereocenters. The third-order valence-electron chi connectivity index (χ3n) is 1.16. The Kier molecular flexibility index (Phi) is 3.31. The van der Waals surface area contributed by atoms with Gasteiger partial charge in [-0.3, -0.25) is 10.1 Å². The Hall–Kier alpha value is -1.12. The Morgan fingerprint density at radius 3 is 2.60 bits per heavy atom. The summed E-state index contributed by atoms with van der Waals surface area (Å²) < 4.78 is 0. The van der Waals surface area contributed by atoms with Crippen molar-refractivity contribution in [3.05, 3.63) is 18.5 Å². The molecule has 0 bridgehead atoms. The summed E-state index contributed by atoms with van der Waals surface area (Å²) in [6.45, 7) is 1.07. The molecule has 1 aliphatic rings. The Morgan fingerprint density at radius 2 is 2.40 bits per heavy atom. The van der Waals surface area contributed by atoms with E-state index in [-0.39, 0.29) is 0 Å². The number of hydrogen-bond donors (Lipinski definition) is 1. The summed E-state index contributed by atoms with van der Waals surface area (Å²) in [5.74, 6) is 0. The molecule has 3 heteroatoms. The fourth-order valence-corrected chi connectivity index (χ4v) is 0.672. The first kappa shape index (κ1) is 6.99. The van der Waals surface area contributed by atoms with Gasteiger partial charge in [-0.05, 0) is 25.1 Å². The summed E-state index contributed by atoms with van der Waals surface area (Å²) in [6.07, 6.45) is 7.93. The van der Waals surface area contributed by atoms with E-state index >= 15 is 0 Å². The standard InChI is InChI=1S/C4H7N.C3H4N2/c2*1-2-4-5-3-1/h3H,1-2,4H2;1-3H,(H,4,5). The number of H-pyrrole nitrogens is 1. The molecule has 3 nitrogen and oxygen atoms in total. The van der Waals surface area contributed by atoms with Gasteiger partial charge in [0, 0.05) is 18.9 Å². The predicted molar refractivity (Wildman–Crippen MR) is 41.2 cm³/mol. The molecule has 0 radical (unpaired) electrons. The van der Waals surface area contributed by atoms with Crippen molar-refractivity contribution in [1.29, 1.82) is 0 Å². The van der Waals surface area contributed by atoms with E-state index in [1.165, 1.54) is 12.8 Å². The molecule has 0 unspecified atom stereocenters. The molecule has 0 saturated heterocycles. The van der Waals surface area contributed by atoms with Crippen LogP contribution in [0, 0.1) is 0 Å². The van der Waals surface area contributed by atoms with Crippen LogP contribution in [0.4, 0.5) is 0 Å². The summed E-state index contributed by atoms with van der Waals surface area (Å²) in [6, 6.07) is 1.83. The topological polar surface area (TPSA) is 41.0 Å². The van der Waals surface area contributed by atoms with Crippen molar-refractivity contribution < 1.29 is 0 Å². The number of aromatic amines is 1. The number of rotatable bonds is 0. The van der Waals surface area contributed by atoms with Gasteiger partial charge in [-0.1, -0.05) is 0 Å². The normalized spacial score (nSPS) is 14.4. The Labute approximate surface area is 60.2 Å². The number of nitrogens with zero attached hydrogens (tertiary/aromatic N) is 2. The van der Waals surface area contributed by atoms with Crippen LogP contribution in [0.3, 0.4) is 0 Å². The number of hydrogen-bond acceptors (Lipinski definition) is 2. The van der Waals surface area contributed by atoms with Crippen molar-refractivity contribution in [3.63, 3.8) is 0 Å². The maximum Gasteiger partial charge on any atom is 0.0487 e. The van der Waals surface area contributed by atoms with Crippen LogP contribution in [0.5, 0.6) is 0 Å². The zero-order chi connectivity index (χ0) is 7.07. The molecular formula is C7H11N3. The summed E-state index contributed by atoms with van der Waals surface area (Å²) in [4.78, 5) is 3.96. The SMILES string of the molecule is C1=NCCC1.c1cn[nH]c1. The molecule has 1 N–H and O–H groups in total. The average molecular weight is 137 g/mol. The molecule has 0 fully saturated rings. The highest BCUT2D eigenvalue weighted by molar-refractivity contribution is 5.58. The lowest BCUT2D eigenvalue weighted by atomic mass is 10.4. The maximum atomic E-state index is 3.96. The second-order valence-electron chi connectivity index (χ2n) is 2.00. The molecule has 10 heavy (non-hydrogen) atoms. The maximum absolute atomic E-state index is 3.96. The molecule has 0 aromatic carbocycles. The van der Waals surface area contributed by atoms with E-state index in [1.54, 1.807) is 12.4 Å². The number of aliphatic imine (C=N–C) groups is 1. The second-order valence-corrected chi connectivity index (χ2v) is 2.00. The molecule has 0 aliphatic carbocycles. The Bertz CT molecular complexity index is 144. The highest BCUT2D eigenvalue weighted by atomic mass is 15.1. The fraction of sp³-hybridized carbons (Fsp3) is 0.429. The molecule has 2 rings (SSSR count). The van der Waals surface area contributed by atoms with Crippen LogP contribution in [0.1, 0.15) is 12.8 Å². The zero-order valence-electron chi connectivity index (χ0n) is 5.83. The highest BCUT2D eigenvalue weighted by Gasteiger charge is 1.85. The first-order valence-corrected chi connectivity index (χ1v) is 3.42. The van der Waals surface area contributed by atoms with Crippen LogP contribution >= 0.6 is 0 Å². The van der Waals surface area contributed by atoms with Crippen LogP contribution in [0.15, 0.2) is 23.5 Å². The predicted octanol–water partition coefficient (Wildman–Crippen LogP) is 1.26. The van der Waals surface area contributed by atoms with Crippen LogP contribution < -0.4 is 0 Å². The molecule has 0 amide bonds. The minimum Gasteiger partial charge on any atom is -0.298 e. The Balaban J connectivity index is 0.0000001000. The van der Waals surface area contributed by atoms with E-state index in [1.807, 2.05) is 12.3 Å². The molecule has 0 spiro atoms. The quantitative estimate of drug-likeness (QED) is 0.574. The second kappa shape index (κ2) is 4.73. The summed E-state index contributed by atoms with van der Waals surface area (Å²) in [5.41, 5.74) is 0.